The van der Waals surface area contributed by atoms with Crippen LogP contribution in [0.15, 0.2) is 59.8 Å². The zero-order valence-corrected chi connectivity index (χ0v) is 19.1. The van der Waals surface area contributed by atoms with E-state index in [0.717, 1.165) is 29.7 Å². The van der Waals surface area contributed by atoms with E-state index in [2.05, 4.69) is 5.10 Å². The van der Waals surface area contributed by atoms with Crippen molar-refractivity contribution in [1.29, 1.82) is 0 Å². The third kappa shape index (κ3) is 5.19. The number of nitrogens with zero attached hydrogens (tertiary/aromatic N) is 3. The Morgan fingerprint density at radius 2 is 1.91 bits per heavy atom. The van der Waals surface area contributed by atoms with Crippen LogP contribution in [0.3, 0.4) is 0 Å². The minimum Gasteiger partial charge on any atom is -0.338 e. The van der Waals surface area contributed by atoms with Crippen LogP contribution in [0.5, 0.6) is 0 Å². The van der Waals surface area contributed by atoms with Gasteiger partial charge in [0.25, 0.3) is 5.91 Å². The molecule has 1 saturated heterocycles. The number of amides is 1. The van der Waals surface area contributed by atoms with E-state index in [0.29, 0.717) is 35.7 Å². The molecule has 0 N–H and O–H groups in total. The van der Waals surface area contributed by atoms with Crippen LogP contribution in [0.25, 0.3) is 5.69 Å². The number of alkyl halides is 3. The minimum absolute atomic E-state index is 0.157. The molecule has 3 aromatic rings. The van der Waals surface area contributed by atoms with E-state index in [1.807, 2.05) is 13.1 Å². The van der Waals surface area contributed by atoms with Crippen LogP contribution in [0.4, 0.5) is 13.2 Å². The van der Waals surface area contributed by atoms with Crippen molar-refractivity contribution in [2.75, 3.05) is 19.3 Å². The van der Waals surface area contributed by atoms with Gasteiger partial charge in [-0.1, -0.05) is 12.1 Å². The standard InChI is InChI=1S/C24H24F3N3O2S/c1-16-13-28-30(14-16)22-8-7-20(33(2)32)12-21(22)23(31)29-10-9-18(15-29)11-17-3-5-19(6-4-17)24(25,26)27/h3-8,12-14,18H,9-11,15H2,1-2H3. The summed E-state index contributed by atoms with van der Waals surface area (Å²) >= 11 is 0. The number of hydrogen-bond donors (Lipinski definition) is 0. The Balaban J connectivity index is 1.52. The van der Waals surface area contributed by atoms with Gasteiger partial charge in [-0.3, -0.25) is 9.00 Å². The van der Waals surface area contributed by atoms with E-state index in [-0.39, 0.29) is 11.8 Å². The SMILES string of the molecule is Cc1cnn(-c2ccc(S(C)=O)cc2C(=O)N2CCC(Cc3ccc(C(F)(F)F)cc3)C2)c1. The van der Waals surface area contributed by atoms with E-state index >= 15 is 0 Å². The average molecular weight is 476 g/mol. The largest absolute Gasteiger partial charge is 0.416 e. The monoisotopic (exact) mass is 475 g/mol. The molecule has 2 unspecified atom stereocenters. The molecular formula is C24H24F3N3O2S. The summed E-state index contributed by atoms with van der Waals surface area (Å²) in [6.07, 6.45) is 2.12. The molecule has 1 aromatic heterocycles. The van der Waals surface area contributed by atoms with Crippen LogP contribution in [-0.2, 0) is 23.4 Å². The summed E-state index contributed by atoms with van der Waals surface area (Å²) in [6, 6.07) is 10.4. The van der Waals surface area contributed by atoms with Crippen LogP contribution in [-0.4, -0.2) is 44.1 Å². The lowest BCUT2D eigenvalue weighted by Gasteiger charge is -2.19. The van der Waals surface area contributed by atoms with Crippen LogP contribution >= 0.6 is 0 Å². The first-order chi connectivity index (χ1) is 15.6. The first-order valence-corrected chi connectivity index (χ1v) is 12.1. The summed E-state index contributed by atoms with van der Waals surface area (Å²) in [5, 5.41) is 4.32. The maximum absolute atomic E-state index is 13.4. The second kappa shape index (κ2) is 9.13. The maximum atomic E-state index is 13.4. The van der Waals surface area contributed by atoms with Gasteiger partial charge in [0.2, 0.25) is 0 Å². The Hall–Kier alpha value is -2.94. The molecule has 0 radical (unpaired) electrons. The molecule has 1 amide bonds. The first-order valence-electron chi connectivity index (χ1n) is 10.6. The summed E-state index contributed by atoms with van der Waals surface area (Å²) in [4.78, 5) is 15.8. The zero-order chi connectivity index (χ0) is 23.8. The van der Waals surface area contributed by atoms with Gasteiger partial charge in [-0.2, -0.15) is 18.3 Å². The van der Waals surface area contributed by atoms with Crippen molar-refractivity contribution in [3.8, 4) is 5.69 Å². The Kier molecular flexibility index (Phi) is 6.43. The topological polar surface area (TPSA) is 55.2 Å². The van der Waals surface area contributed by atoms with Crippen molar-refractivity contribution < 1.29 is 22.2 Å². The van der Waals surface area contributed by atoms with E-state index < -0.39 is 22.5 Å². The van der Waals surface area contributed by atoms with Crippen molar-refractivity contribution in [1.82, 2.24) is 14.7 Å². The van der Waals surface area contributed by atoms with Gasteiger partial charge in [-0.15, -0.1) is 0 Å². The van der Waals surface area contributed by atoms with E-state index in [4.69, 9.17) is 0 Å². The fourth-order valence-electron chi connectivity index (χ4n) is 4.13. The van der Waals surface area contributed by atoms with Crippen molar-refractivity contribution in [2.45, 2.75) is 30.8 Å². The summed E-state index contributed by atoms with van der Waals surface area (Å²) in [7, 11) is -1.24. The van der Waals surface area contributed by atoms with E-state index in [1.54, 1.807) is 40.2 Å². The number of aryl methyl sites for hydroxylation is 1. The van der Waals surface area contributed by atoms with Crippen molar-refractivity contribution >= 4 is 16.7 Å². The van der Waals surface area contributed by atoms with Gasteiger partial charge in [0.15, 0.2) is 0 Å². The summed E-state index contributed by atoms with van der Waals surface area (Å²) in [6.45, 7) is 2.98. The second-order valence-electron chi connectivity index (χ2n) is 8.40. The molecule has 1 aliphatic heterocycles. The van der Waals surface area contributed by atoms with E-state index in [1.165, 1.54) is 12.1 Å². The molecule has 1 aliphatic rings. The Morgan fingerprint density at radius 1 is 1.18 bits per heavy atom. The smallest absolute Gasteiger partial charge is 0.338 e. The lowest BCUT2D eigenvalue weighted by atomic mass is 9.98. The first kappa shape index (κ1) is 23.2. The van der Waals surface area contributed by atoms with Gasteiger partial charge in [0, 0.05) is 41.2 Å². The Bertz CT molecular complexity index is 1190. The molecule has 0 spiro atoms. The molecular weight excluding hydrogens is 451 g/mol. The van der Waals surface area contributed by atoms with Crippen LogP contribution < -0.4 is 0 Å². The quantitative estimate of drug-likeness (QED) is 0.540. The van der Waals surface area contributed by atoms with Gasteiger partial charge in [0.05, 0.1) is 23.0 Å². The van der Waals surface area contributed by atoms with Crippen molar-refractivity contribution in [2.24, 2.45) is 5.92 Å². The van der Waals surface area contributed by atoms with Gasteiger partial charge in [0.1, 0.15) is 0 Å². The molecule has 5 nitrogen and oxygen atoms in total. The third-order valence-electron chi connectivity index (χ3n) is 5.87. The van der Waals surface area contributed by atoms with Gasteiger partial charge < -0.3 is 4.90 Å². The molecule has 0 saturated carbocycles. The van der Waals surface area contributed by atoms with Crippen LogP contribution in [0, 0.1) is 12.8 Å². The fraction of sp³-hybridized carbons (Fsp3) is 0.333. The van der Waals surface area contributed by atoms with Gasteiger partial charge in [-0.05, 0) is 67.1 Å². The molecule has 0 aliphatic carbocycles. The molecule has 174 valence electrons. The minimum atomic E-state index is -4.35. The zero-order valence-electron chi connectivity index (χ0n) is 18.3. The lowest BCUT2D eigenvalue weighted by Crippen LogP contribution is -2.30. The summed E-state index contributed by atoms with van der Waals surface area (Å²) in [5.74, 6) is -0.00931. The molecule has 2 heterocycles. The highest BCUT2D eigenvalue weighted by molar-refractivity contribution is 7.84. The summed E-state index contributed by atoms with van der Waals surface area (Å²) in [5.41, 5.74) is 2.16. The van der Waals surface area contributed by atoms with Crippen LogP contribution in [0.1, 0.15) is 33.5 Å². The molecule has 2 atom stereocenters. The predicted molar refractivity (Wildman–Crippen MR) is 120 cm³/mol. The van der Waals surface area contributed by atoms with Gasteiger partial charge in [-0.25, -0.2) is 4.68 Å². The van der Waals surface area contributed by atoms with Crippen molar-refractivity contribution in [3.63, 3.8) is 0 Å². The molecule has 2 aromatic carbocycles. The number of hydrogen-bond acceptors (Lipinski definition) is 3. The molecule has 0 bridgehead atoms. The Labute approximate surface area is 192 Å². The molecule has 4 rings (SSSR count). The maximum Gasteiger partial charge on any atom is 0.416 e. The predicted octanol–water partition coefficient (Wildman–Crippen LogP) is 4.64. The highest BCUT2D eigenvalue weighted by Gasteiger charge is 2.31. The number of halogens is 3. The van der Waals surface area contributed by atoms with Gasteiger partial charge >= 0.3 is 6.18 Å². The second-order valence-corrected chi connectivity index (χ2v) is 9.78. The molecule has 9 heteroatoms. The molecule has 1 fully saturated rings. The van der Waals surface area contributed by atoms with E-state index in [9.17, 15) is 22.2 Å². The average Bonchev–Trinajstić information content (AvgIpc) is 3.41. The number of benzene rings is 2. The number of carbonyl (C=O) groups excluding carboxylic acids is 1. The number of carbonyl (C=O) groups is 1. The number of rotatable bonds is 5. The fourth-order valence-corrected chi connectivity index (χ4v) is 4.67. The summed E-state index contributed by atoms with van der Waals surface area (Å²) < 4.78 is 52.0. The highest BCUT2D eigenvalue weighted by atomic mass is 32.2. The molecule has 33 heavy (non-hydrogen) atoms. The highest BCUT2D eigenvalue weighted by Crippen LogP contribution is 2.30. The Morgan fingerprint density at radius 3 is 2.52 bits per heavy atom. The number of aromatic nitrogens is 2. The normalized spacial score (nSPS) is 17.4. The number of likely N-dealkylation sites (tertiary alicyclic amines) is 1. The third-order valence-corrected chi connectivity index (χ3v) is 6.79. The lowest BCUT2D eigenvalue weighted by molar-refractivity contribution is -0.137. The van der Waals surface area contributed by atoms with Crippen molar-refractivity contribution in [3.05, 3.63) is 77.1 Å². The van der Waals surface area contributed by atoms with Crippen LogP contribution in [0.2, 0.25) is 0 Å².